The summed E-state index contributed by atoms with van der Waals surface area (Å²) in [5.41, 5.74) is 1.77. The van der Waals surface area contributed by atoms with Crippen LogP contribution in [0, 0.1) is 18.9 Å². The molecule has 1 heterocycles. The van der Waals surface area contributed by atoms with Gasteiger partial charge in [-0.15, -0.1) is 11.3 Å². The molecule has 0 atom stereocenters. The average Bonchev–Trinajstić information content (AvgIpc) is 2.39. The van der Waals surface area contributed by atoms with Crippen LogP contribution in [0.4, 0.5) is 10.7 Å². The summed E-state index contributed by atoms with van der Waals surface area (Å²) in [6, 6.07) is 0. The van der Waals surface area contributed by atoms with Crippen molar-refractivity contribution in [1.29, 1.82) is 0 Å². The number of amides is 1. The van der Waals surface area contributed by atoms with Gasteiger partial charge in [-0.3, -0.25) is 4.79 Å². The largest absolute Gasteiger partial charge is 0.327 e. The van der Waals surface area contributed by atoms with Gasteiger partial charge in [0.15, 0.2) is 0 Å². The predicted molar refractivity (Wildman–Crippen MR) is 72.8 cm³/mol. The first-order valence-electron chi connectivity index (χ1n) is 5.52. The second kappa shape index (κ2) is 4.89. The van der Waals surface area contributed by atoms with E-state index in [0.29, 0.717) is 10.7 Å². The lowest BCUT2D eigenvalue weighted by Gasteiger charge is -2.17. The zero-order valence-corrected chi connectivity index (χ0v) is 11.8. The summed E-state index contributed by atoms with van der Waals surface area (Å²) < 4.78 is 0. The van der Waals surface area contributed by atoms with E-state index in [-0.39, 0.29) is 11.3 Å². The summed E-state index contributed by atoms with van der Waals surface area (Å²) in [5.74, 6) is -0.126. The third-order valence-corrected chi connectivity index (χ3v) is 3.50. The summed E-state index contributed by atoms with van der Waals surface area (Å²) in [4.78, 5) is 15.8. The number of anilines is 1. The Labute approximate surface area is 107 Å². The fourth-order valence-corrected chi connectivity index (χ4v) is 3.07. The second-order valence-electron chi connectivity index (χ2n) is 5.36. The Kier molecular flexibility index (Phi) is 3.94. The topological polar surface area (TPSA) is 33.5 Å². The number of nitrogens with zero attached hydrogens (tertiary/aromatic N) is 1. The normalized spacial score (nSPS) is 11.1. The number of hydrogen-bond acceptors (Lipinski definition) is 2. The Bertz CT molecular complexity index is 475. The van der Waals surface area contributed by atoms with Crippen molar-refractivity contribution in [3.8, 4) is 0 Å². The van der Waals surface area contributed by atoms with Crippen LogP contribution in [0.3, 0.4) is 0 Å². The van der Waals surface area contributed by atoms with Crippen LogP contribution in [-0.4, -0.2) is 5.91 Å². The molecule has 1 N–H and O–H groups in total. The van der Waals surface area contributed by atoms with Gasteiger partial charge in [0.1, 0.15) is 5.00 Å². The number of rotatable bonds is 2. The molecule has 0 saturated carbocycles. The van der Waals surface area contributed by atoms with Crippen LogP contribution < -0.4 is 5.32 Å². The highest BCUT2D eigenvalue weighted by Gasteiger charge is 2.20. The Morgan fingerprint density at radius 1 is 1.47 bits per heavy atom. The minimum atomic E-state index is -0.126. The first-order valence-corrected chi connectivity index (χ1v) is 6.33. The lowest BCUT2D eigenvalue weighted by atomic mass is 9.90. The minimum Gasteiger partial charge on any atom is -0.327 e. The van der Waals surface area contributed by atoms with Gasteiger partial charge in [0.2, 0.25) is 11.6 Å². The molecule has 1 aromatic heterocycles. The molecule has 0 saturated heterocycles. The summed E-state index contributed by atoms with van der Waals surface area (Å²) in [7, 11) is 0. The van der Waals surface area contributed by atoms with Crippen LogP contribution in [0.15, 0.2) is 0 Å². The maximum atomic E-state index is 11.1. The number of thiophene rings is 1. The van der Waals surface area contributed by atoms with Crippen LogP contribution in [0.25, 0.3) is 4.85 Å². The van der Waals surface area contributed by atoms with E-state index in [4.69, 9.17) is 6.57 Å². The summed E-state index contributed by atoms with van der Waals surface area (Å²) in [5, 5.41) is 3.42. The lowest BCUT2D eigenvalue weighted by Crippen LogP contribution is -2.08. The highest BCUT2D eigenvalue weighted by Crippen LogP contribution is 2.42. The molecule has 0 radical (unpaired) electrons. The van der Waals surface area contributed by atoms with Crippen molar-refractivity contribution in [3.05, 3.63) is 21.9 Å². The van der Waals surface area contributed by atoms with Crippen molar-refractivity contribution in [2.45, 2.75) is 41.0 Å². The lowest BCUT2D eigenvalue weighted by molar-refractivity contribution is -0.114. The number of nitrogens with one attached hydrogen (secondary N) is 1. The molecule has 3 nitrogen and oxygen atoms in total. The first kappa shape index (κ1) is 13.7. The molecule has 0 aliphatic heterocycles. The fraction of sp³-hybridized carbons (Fsp3) is 0.538. The Morgan fingerprint density at radius 2 is 2.06 bits per heavy atom. The van der Waals surface area contributed by atoms with E-state index in [1.807, 2.05) is 6.92 Å². The molecule has 1 aromatic rings. The zero-order chi connectivity index (χ0) is 13.2. The predicted octanol–water partition coefficient (Wildman–Crippen LogP) is 4.15. The van der Waals surface area contributed by atoms with Gasteiger partial charge in [-0.05, 0) is 29.2 Å². The van der Waals surface area contributed by atoms with E-state index < -0.39 is 0 Å². The van der Waals surface area contributed by atoms with E-state index in [1.54, 1.807) is 0 Å². The Morgan fingerprint density at radius 3 is 2.47 bits per heavy atom. The van der Waals surface area contributed by atoms with Gasteiger partial charge in [0.05, 0.1) is 6.57 Å². The molecule has 0 unspecified atom stereocenters. The number of carbonyl (C=O) groups excluding carboxylic acids is 1. The summed E-state index contributed by atoms with van der Waals surface area (Å²) in [6.45, 7) is 17.1. The van der Waals surface area contributed by atoms with Gasteiger partial charge in [0.25, 0.3) is 0 Å². The quantitative estimate of drug-likeness (QED) is 0.786. The van der Waals surface area contributed by atoms with Crippen molar-refractivity contribution >= 4 is 27.9 Å². The van der Waals surface area contributed by atoms with Crippen LogP contribution in [-0.2, 0) is 11.2 Å². The fourth-order valence-electron chi connectivity index (χ4n) is 1.58. The molecule has 0 aliphatic carbocycles. The van der Waals surface area contributed by atoms with E-state index in [9.17, 15) is 4.79 Å². The average molecular weight is 250 g/mol. The van der Waals surface area contributed by atoms with Gasteiger partial charge >= 0.3 is 0 Å². The van der Waals surface area contributed by atoms with Crippen molar-refractivity contribution in [3.63, 3.8) is 0 Å². The molecule has 1 rings (SSSR count). The van der Waals surface area contributed by atoms with Crippen LogP contribution >= 0.6 is 11.3 Å². The molecule has 4 heteroatoms. The number of hydrogen-bond donors (Lipinski definition) is 1. The monoisotopic (exact) mass is 250 g/mol. The molecule has 17 heavy (non-hydrogen) atoms. The Hall–Kier alpha value is -1.34. The molecule has 1 amide bonds. The maximum Gasteiger partial charge on any atom is 0.223 e. The van der Waals surface area contributed by atoms with E-state index in [2.05, 4.69) is 30.9 Å². The van der Waals surface area contributed by atoms with Crippen molar-refractivity contribution in [2.24, 2.45) is 5.41 Å². The van der Waals surface area contributed by atoms with Gasteiger partial charge in [-0.2, -0.15) is 0 Å². The molecule has 92 valence electrons. The molecule has 0 aliphatic rings. The summed E-state index contributed by atoms with van der Waals surface area (Å²) >= 11 is 1.52. The second-order valence-corrected chi connectivity index (χ2v) is 6.46. The zero-order valence-electron chi connectivity index (χ0n) is 11.0. The van der Waals surface area contributed by atoms with Gasteiger partial charge in [-0.25, -0.2) is 4.85 Å². The highest BCUT2D eigenvalue weighted by molar-refractivity contribution is 7.17. The molecular formula is C13H18N2OS. The standard InChI is InChI=1S/C13H18N2OS/c1-8-10(7-13(3,4)5)17-12(11(8)14-6)15-9(2)16/h7H2,1-5H3,(H,15,16). The third kappa shape index (κ3) is 3.57. The first-order chi connectivity index (χ1) is 7.74. The van der Waals surface area contributed by atoms with E-state index in [1.165, 1.54) is 23.1 Å². The molecule has 0 spiro atoms. The van der Waals surface area contributed by atoms with Gasteiger partial charge in [0, 0.05) is 6.92 Å². The van der Waals surface area contributed by atoms with Crippen molar-refractivity contribution in [1.82, 2.24) is 0 Å². The Balaban J connectivity index is 3.14. The number of carbonyl (C=O) groups is 1. The van der Waals surface area contributed by atoms with Gasteiger partial charge < -0.3 is 5.32 Å². The smallest absolute Gasteiger partial charge is 0.223 e. The van der Waals surface area contributed by atoms with E-state index >= 15 is 0 Å². The van der Waals surface area contributed by atoms with Crippen LogP contribution in [0.5, 0.6) is 0 Å². The molecule has 0 aromatic carbocycles. The summed E-state index contributed by atoms with van der Waals surface area (Å²) in [6.07, 6.45) is 0.922. The van der Waals surface area contributed by atoms with Crippen LogP contribution in [0.1, 0.15) is 38.1 Å². The van der Waals surface area contributed by atoms with Crippen LogP contribution in [0.2, 0.25) is 0 Å². The van der Waals surface area contributed by atoms with Crippen molar-refractivity contribution < 1.29 is 4.79 Å². The molecule has 0 fully saturated rings. The highest BCUT2D eigenvalue weighted by atomic mass is 32.1. The van der Waals surface area contributed by atoms with Crippen molar-refractivity contribution in [2.75, 3.05) is 5.32 Å². The third-order valence-electron chi connectivity index (χ3n) is 2.31. The molecular weight excluding hydrogens is 232 g/mol. The SMILES string of the molecule is [C-]#[N+]c1c(NC(C)=O)sc(CC(C)(C)C)c1C. The maximum absolute atomic E-state index is 11.1. The van der Waals surface area contributed by atoms with Gasteiger partial charge in [-0.1, -0.05) is 20.8 Å². The minimum absolute atomic E-state index is 0.126. The van der Waals surface area contributed by atoms with E-state index in [0.717, 1.165) is 12.0 Å². The molecule has 0 bridgehead atoms.